The average molecular weight is 127 g/mol. The minimum absolute atomic E-state index is 0.236. The lowest BCUT2D eigenvalue weighted by molar-refractivity contribution is 0.148. The van der Waals surface area contributed by atoms with Crippen LogP contribution in [-0.2, 0) is 4.74 Å². The van der Waals surface area contributed by atoms with E-state index >= 15 is 0 Å². The summed E-state index contributed by atoms with van der Waals surface area (Å²) in [5.41, 5.74) is 1.21. The fourth-order valence-electron chi connectivity index (χ4n) is 0.823. The van der Waals surface area contributed by atoms with Gasteiger partial charge in [-0.25, -0.2) is 0 Å². The quantitative estimate of drug-likeness (QED) is 0.608. The smallest absolute Gasteiger partial charge is 0.168 e. The van der Waals surface area contributed by atoms with Crippen molar-refractivity contribution in [3.63, 3.8) is 0 Å². The van der Waals surface area contributed by atoms with Crippen LogP contribution in [0, 0.1) is 0 Å². The van der Waals surface area contributed by atoms with E-state index in [4.69, 9.17) is 4.74 Å². The van der Waals surface area contributed by atoms with E-state index < -0.39 is 0 Å². The van der Waals surface area contributed by atoms with Crippen molar-refractivity contribution in [1.29, 1.82) is 0 Å². The zero-order valence-corrected chi connectivity index (χ0v) is 5.98. The number of hydrogen-bond acceptors (Lipinski definition) is 2. The van der Waals surface area contributed by atoms with Crippen LogP contribution in [0.2, 0.25) is 0 Å². The number of allylic oxidation sites excluding steroid dienone is 1. The predicted molar refractivity (Wildman–Crippen MR) is 36.7 cm³/mol. The molecule has 2 nitrogen and oxygen atoms in total. The molecule has 0 aliphatic carbocycles. The van der Waals surface area contributed by atoms with Crippen molar-refractivity contribution in [3.05, 3.63) is 12.0 Å². The first-order chi connectivity index (χ1) is 4.36. The molecule has 0 fully saturated rings. The van der Waals surface area contributed by atoms with Crippen LogP contribution in [-0.4, -0.2) is 6.23 Å². The molecular formula is C7H13NO. The summed E-state index contributed by atoms with van der Waals surface area (Å²) in [4.78, 5) is 0. The minimum atomic E-state index is 0.236. The Morgan fingerprint density at radius 1 is 1.67 bits per heavy atom. The first-order valence-electron chi connectivity index (χ1n) is 3.47. The van der Waals surface area contributed by atoms with Crippen LogP contribution in [0.15, 0.2) is 12.0 Å². The van der Waals surface area contributed by atoms with Gasteiger partial charge in [-0.2, -0.15) is 0 Å². The van der Waals surface area contributed by atoms with Gasteiger partial charge in [-0.1, -0.05) is 13.8 Å². The number of nitrogens with one attached hydrogen (secondary N) is 1. The van der Waals surface area contributed by atoms with Gasteiger partial charge in [0.25, 0.3) is 0 Å². The second kappa shape index (κ2) is 2.76. The molecule has 0 saturated heterocycles. The van der Waals surface area contributed by atoms with E-state index in [1.807, 2.05) is 6.26 Å². The van der Waals surface area contributed by atoms with Gasteiger partial charge in [0.2, 0.25) is 0 Å². The molecule has 0 saturated carbocycles. The van der Waals surface area contributed by atoms with Gasteiger partial charge in [-0.05, 0) is 6.42 Å². The Bertz CT molecular complexity index is 120. The largest absolute Gasteiger partial charge is 0.477 e. The Labute approximate surface area is 55.9 Å². The normalized spacial score (nSPS) is 24.7. The van der Waals surface area contributed by atoms with E-state index in [1.54, 1.807) is 0 Å². The Kier molecular flexibility index (Phi) is 1.98. The topological polar surface area (TPSA) is 21.3 Å². The maximum atomic E-state index is 5.23. The summed E-state index contributed by atoms with van der Waals surface area (Å²) >= 11 is 0. The van der Waals surface area contributed by atoms with Crippen LogP contribution < -0.4 is 5.32 Å². The summed E-state index contributed by atoms with van der Waals surface area (Å²) in [5, 5.41) is 3.23. The van der Waals surface area contributed by atoms with Gasteiger partial charge in [-0.15, -0.1) is 0 Å². The molecule has 1 atom stereocenters. The molecule has 1 rings (SSSR count). The molecule has 0 aromatic rings. The lowest BCUT2D eigenvalue weighted by Gasteiger charge is -2.07. The van der Waals surface area contributed by atoms with E-state index in [-0.39, 0.29) is 6.23 Å². The van der Waals surface area contributed by atoms with Gasteiger partial charge in [0.15, 0.2) is 6.23 Å². The van der Waals surface area contributed by atoms with Crippen molar-refractivity contribution >= 4 is 0 Å². The minimum Gasteiger partial charge on any atom is -0.477 e. The van der Waals surface area contributed by atoms with Crippen molar-refractivity contribution in [3.8, 4) is 0 Å². The molecule has 0 radical (unpaired) electrons. The molecule has 1 heterocycles. The molecule has 1 N–H and O–H groups in total. The second-order valence-corrected chi connectivity index (χ2v) is 2.17. The molecule has 2 heteroatoms. The second-order valence-electron chi connectivity index (χ2n) is 2.17. The van der Waals surface area contributed by atoms with E-state index in [2.05, 4.69) is 19.2 Å². The summed E-state index contributed by atoms with van der Waals surface area (Å²) in [6, 6.07) is 0. The van der Waals surface area contributed by atoms with Crippen molar-refractivity contribution in [2.45, 2.75) is 32.9 Å². The zero-order chi connectivity index (χ0) is 6.69. The molecule has 1 aliphatic rings. The van der Waals surface area contributed by atoms with Crippen LogP contribution in [0.3, 0.4) is 0 Å². The maximum absolute atomic E-state index is 5.23. The fraction of sp³-hybridized carbons (Fsp3) is 0.714. The third kappa shape index (κ3) is 1.37. The summed E-state index contributed by atoms with van der Waals surface area (Å²) in [7, 11) is 0. The van der Waals surface area contributed by atoms with Gasteiger partial charge < -0.3 is 10.1 Å². The Hall–Kier alpha value is -0.660. The van der Waals surface area contributed by atoms with Gasteiger partial charge in [0, 0.05) is 12.1 Å². The molecule has 0 spiro atoms. The van der Waals surface area contributed by atoms with Crippen molar-refractivity contribution in [2.75, 3.05) is 0 Å². The molecule has 0 aromatic heterocycles. The summed E-state index contributed by atoms with van der Waals surface area (Å²) in [5.74, 6) is 0. The first-order valence-corrected chi connectivity index (χ1v) is 3.47. The van der Waals surface area contributed by atoms with Crippen molar-refractivity contribution < 1.29 is 4.74 Å². The molecule has 9 heavy (non-hydrogen) atoms. The Morgan fingerprint density at radius 2 is 2.44 bits per heavy atom. The SMILES string of the molecule is CCC1=COC(CC)N1. The first kappa shape index (κ1) is 6.46. The molecule has 1 aliphatic heterocycles. The maximum Gasteiger partial charge on any atom is 0.168 e. The number of ether oxygens (including phenoxy) is 1. The van der Waals surface area contributed by atoms with Gasteiger partial charge in [0.1, 0.15) is 6.26 Å². The predicted octanol–water partition coefficient (Wildman–Crippen LogP) is 1.59. The highest BCUT2D eigenvalue weighted by molar-refractivity contribution is 4.99. The Balaban J connectivity index is 2.31. The molecule has 0 amide bonds. The summed E-state index contributed by atoms with van der Waals surface area (Å²) in [6.45, 7) is 4.21. The van der Waals surface area contributed by atoms with Crippen molar-refractivity contribution in [2.24, 2.45) is 0 Å². The standard InChI is InChI=1S/C7H13NO/c1-3-6-5-9-7(4-2)8-6/h5,7-8H,3-4H2,1-2H3. The lowest BCUT2D eigenvalue weighted by atomic mass is 10.3. The molecule has 1 unspecified atom stereocenters. The highest BCUT2D eigenvalue weighted by Gasteiger charge is 2.11. The Morgan fingerprint density at radius 3 is 2.78 bits per heavy atom. The van der Waals surface area contributed by atoms with Crippen LogP contribution in [0.4, 0.5) is 0 Å². The zero-order valence-electron chi connectivity index (χ0n) is 5.98. The van der Waals surface area contributed by atoms with Gasteiger partial charge in [-0.3, -0.25) is 0 Å². The van der Waals surface area contributed by atoms with Gasteiger partial charge in [0.05, 0.1) is 0 Å². The molecule has 52 valence electrons. The van der Waals surface area contributed by atoms with E-state index in [9.17, 15) is 0 Å². The third-order valence-corrected chi connectivity index (χ3v) is 1.47. The highest BCUT2D eigenvalue weighted by Crippen LogP contribution is 2.09. The molecule has 0 bridgehead atoms. The molecular weight excluding hydrogens is 114 g/mol. The highest BCUT2D eigenvalue weighted by atomic mass is 16.5. The van der Waals surface area contributed by atoms with E-state index in [0.29, 0.717) is 0 Å². The number of rotatable bonds is 2. The van der Waals surface area contributed by atoms with Crippen LogP contribution in [0.1, 0.15) is 26.7 Å². The monoisotopic (exact) mass is 127 g/mol. The van der Waals surface area contributed by atoms with E-state index in [1.165, 1.54) is 5.70 Å². The van der Waals surface area contributed by atoms with Crippen LogP contribution >= 0.6 is 0 Å². The van der Waals surface area contributed by atoms with Crippen LogP contribution in [0.5, 0.6) is 0 Å². The lowest BCUT2D eigenvalue weighted by Crippen LogP contribution is -2.22. The fourth-order valence-corrected chi connectivity index (χ4v) is 0.823. The summed E-state index contributed by atoms with van der Waals surface area (Å²) in [6.07, 6.45) is 4.12. The van der Waals surface area contributed by atoms with E-state index in [0.717, 1.165) is 12.8 Å². The molecule has 0 aromatic carbocycles. The summed E-state index contributed by atoms with van der Waals surface area (Å²) < 4.78 is 5.23. The van der Waals surface area contributed by atoms with Crippen molar-refractivity contribution in [1.82, 2.24) is 5.32 Å². The average Bonchev–Trinajstić information content (AvgIpc) is 2.34. The third-order valence-electron chi connectivity index (χ3n) is 1.47. The van der Waals surface area contributed by atoms with Gasteiger partial charge >= 0.3 is 0 Å². The van der Waals surface area contributed by atoms with Crippen LogP contribution in [0.25, 0.3) is 0 Å². The number of hydrogen-bond donors (Lipinski definition) is 1.